The van der Waals surface area contributed by atoms with E-state index in [4.69, 9.17) is 9.84 Å². The maximum Gasteiger partial charge on any atom is 0.335 e. The number of carbonyl (C=O) groups is 1. The molecule has 8 heteroatoms. The Morgan fingerprint density at radius 3 is 2.56 bits per heavy atom. The summed E-state index contributed by atoms with van der Waals surface area (Å²) < 4.78 is 5.89. The largest absolute Gasteiger partial charge is 0.507 e. The number of phenolic OH excluding ortho intramolecular Hbond substituents is 1. The molecule has 1 heterocycles. The SMILES string of the molecule is CCCCC(CC)COc1ccc(-c2ncnc(Nc3ccc(C(=O)O)cc3)n2)c(O)c1. The van der Waals surface area contributed by atoms with Gasteiger partial charge < -0.3 is 20.3 Å². The smallest absolute Gasteiger partial charge is 0.335 e. The van der Waals surface area contributed by atoms with Gasteiger partial charge in [-0.05, 0) is 48.7 Å². The number of rotatable bonds is 11. The maximum absolute atomic E-state index is 11.0. The van der Waals surface area contributed by atoms with Crippen LogP contribution in [0.1, 0.15) is 49.9 Å². The number of aromatic hydroxyl groups is 1. The Kier molecular flexibility index (Phi) is 7.96. The van der Waals surface area contributed by atoms with Gasteiger partial charge in [-0.15, -0.1) is 0 Å². The summed E-state index contributed by atoms with van der Waals surface area (Å²) in [6.45, 7) is 4.97. The Bertz CT molecular complexity index is 1040. The van der Waals surface area contributed by atoms with Crippen LogP contribution < -0.4 is 10.1 Å². The number of aromatic nitrogens is 3. The molecule has 0 amide bonds. The zero-order valence-electron chi connectivity index (χ0n) is 18.3. The number of benzene rings is 2. The van der Waals surface area contributed by atoms with E-state index in [1.807, 2.05) is 0 Å². The molecule has 3 rings (SSSR count). The van der Waals surface area contributed by atoms with E-state index >= 15 is 0 Å². The lowest BCUT2D eigenvalue weighted by Crippen LogP contribution is -2.11. The number of phenols is 1. The van der Waals surface area contributed by atoms with Gasteiger partial charge in [-0.1, -0.05) is 33.1 Å². The summed E-state index contributed by atoms with van der Waals surface area (Å²) >= 11 is 0. The minimum atomic E-state index is -0.993. The van der Waals surface area contributed by atoms with Crippen molar-refractivity contribution in [3.63, 3.8) is 0 Å². The normalized spacial score (nSPS) is 11.7. The summed E-state index contributed by atoms with van der Waals surface area (Å²) in [4.78, 5) is 23.6. The van der Waals surface area contributed by atoms with Crippen LogP contribution in [0.5, 0.6) is 11.5 Å². The molecule has 3 aromatic rings. The van der Waals surface area contributed by atoms with Crippen LogP contribution in [0.2, 0.25) is 0 Å². The van der Waals surface area contributed by atoms with E-state index in [-0.39, 0.29) is 17.3 Å². The second-order valence-corrected chi connectivity index (χ2v) is 7.55. The van der Waals surface area contributed by atoms with Gasteiger partial charge >= 0.3 is 5.97 Å². The lowest BCUT2D eigenvalue weighted by molar-refractivity contribution is 0.0697. The highest BCUT2D eigenvalue weighted by Crippen LogP contribution is 2.31. The average Bonchev–Trinajstić information content (AvgIpc) is 2.80. The molecule has 32 heavy (non-hydrogen) atoms. The Balaban J connectivity index is 1.69. The van der Waals surface area contributed by atoms with Crippen molar-refractivity contribution >= 4 is 17.6 Å². The first-order chi connectivity index (χ1) is 15.5. The molecule has 168 valence electrons. The molecule has 0 aliphatic heterocycles. The van der Waals surface area contributed by atoms with Crippen LogP contribution in [0, 0.1) is 5.92 Å². The van der Waals surface area contributed by atoms with Crippen LogP contribution >= 0.6 is 0 Å². The third-order valence-corrected chi connectivity index (χ3v) is 5.20. The van der Waals surface area contributed by atoms with Crippen molar-refractivity contribution in [1.82, 2.24) is 15.0 Å². The molecule has 0 saturated heterocycles. The number of anilines is 2. The molecule has 1 aromatic heterocycles. The molecule has 0 aliphatic rings. The van der Waals surface area contributed by atoms with Gasteiger partial charge in [0, 0.05) is 11.8 Å². The monoisotopic (exact) mass is 436 g/mol. The lowest BCUT2D eigenvalue weighted by atomic mass is 10.0. The van der Waals surface area contributed by atoms with E-state index in [1.165, 1.54) is 31.3 Å². The fraction of sp³-hybridized carbons (Fsp3) is 0.333. The van der Waals surface area contributed by atoms with Gasteiger partial charge in [-0.2, -0.15) is 4.98 Å². The number of hydrogen-bond acceptors (Lipinski definition) is 7. The molecule has 0 radical (unpaired) electrons. The van der Waals surface area contributed by atoms with Crippen molar-refractivity contribution in [3.05, 3.63) is 54.4 Å². The summed E-state index contributed by atoms with van der Waals surface area (Å²) in [5.41, 5.74) is 1.28. The number of hydrogen-bond donors (Lipinski definition) is 3. The van der Waals surface area contributed by atoms with Gasteiger partial charge in [0.15, 0.2) is 5.82 Å². The molecule has 8 nitrogen and oxygen atoms in total. The topological polar surface area (TPSA) is 117 Å². The molecule has 0 fully saturated rings. The predicted octanol–water partition coefficient (Wildman–Crippen LogP) is 5.28. The van der Waals surface area contributed by atoms with Crippen LogP contribution in [0.15, 0.2) is 48.8 Å². The quantitative estimate of drug-likeness (QED) is 0.371. The lowest BCUT2D eigenvalue weighted by Gasteiger charge is -2.16. The number of unbranched alkanes of at least 4 members (excludes halogenated alkanes) is 1. The molecular weight excluding hydrogens is 408 g/mol. The molecule has 0 bridgehead atoms. The summed E-state index contributed by atoms with van der Waals surface area (Å²) in [5, 5.41) is 22.5. The molecule has 3 N–H and O–H groups in total. The van der Waals surface area contributed by atoms with Crippen molar-refractivity contribution in [2.24, 2.45) is 5.92 Å². The second-order valence-electron chi connectivity index (χ2n) is 7.55. The minimum absolute atomic E-state index is 0.0204. The van der Waals surface area contributed by atoms with E-state index in [1.54, 1.807) is 30.3 Å². The number of ether oxygens (including phenoxy) is 1. The highest BCUT2D eigenvalue weighted by Gasteiger charge is 2.12. The Morgan fingerprint density at radius 1 is 1.12 bits per heavy atom. The van der Waals surface area contributed by atoms with Crippen LogP contribution in [-0.4, -0.2) is 37.7 Å². The molecule has 0 aliphatic carbocycles. The Hall–Kier alpha value is -3.68. The molecule has 1 atom stereocenters. The minimum Gasteiger partial charge on any atom is -0.507 e. The van der Waals surface area contributed by atoms with E-state index in [9.17, 15) is 9.90 Å². The van der Waals surface area contributed by atoms with Crippen LogP contribution in [0.3, 0.4) is 0 Å². The van der Waals surface area contributed by atoms with Crippen molar-refractivity contribution < 1.29 is 19.7 Å². The van der Waals surface area contributed by atoms with Crippen molar-refractivity contribution in [3.8, 4) is 22.9 Å². The zero-order valence-corrected chi connectivity index (χ0v) is 18.3. The predicted molar refractivity (Wildman–Crippen MR) is 122 cm³/mol. The maximum atomic E-state index is 11.0. The Labute approximate surface area is 187 Å². The van der Waals surface area contributed by atoms with E-state index < -0.39 is 5.97 Å². The van der Waals surface area contributed by atoms with Crippen molar-refractivity contribution in [2.45, 2.75) is 39.5 Å². The zero-order chi connectivity index (χ0) is 22.9. The van der Waals surface area contributed by atoms with Gasteiger partial charge in [-0.3, -0.25) is 0 Å². The summed E-state index contributed by atoms with van der Waals surface area (Å²) in [5.74, 6) is 0.716. The van der Waals surface area contributed by atoms with Crippen molar-refractivity contribution in [2.75, 3.05) is 11.9 Å². The second kappa shape index (κ2) is 11.1. The number of carboxylic acid groups (broad SMARTS) is 1. The molecule has 2 aromatic carbocycles. The van der Waals surface area contributed by atoms with Gasteiger partial charge in [0.1, 0.15) is 17.8 Å². The molecular formula is C24H28N4O4. The average molecular weight is 437 g/mol. The summed E-state index contributed by atoms with van der Waals surface area (Å²) in [6, 6.07) is 11.3. The fourth-order valence-corrected chi connectivity index (χ4v) is 3.21. The highest BCUT2D eigenvalue weighted by atomic mass is 16.5. The van der Waals surface area contributed by atoms with E-state index in [2.05, 4.69) is 34.1 Å². The standard InChI is InChI=1S/C24H28N4O4/c1-3-5-6-16(4-2)14-32-19-11-12-20(21(29)13-19)22-25-15-26-24(28-22)27-18-9-7-17(8-10-18)23(30)31/h7-13,15-16,29H,3-6,14H2,1-2H3,(H,30,31)(H,25,26,27,28). The highest BCUT2D eigenvalue weighted by molar-refractivity contribution is 5.88. The van der Waals surface area contributed by atoms with Gasteiger partial charge in [0.2, 0.25) is 5.95 Å². The number of nitrogens with zero attached hydrogens (tertiary/aromatic N) is 3. The Morgan fingerprint density at radius 2 is 1.91 bits per heavy atom. The van der Waals surface area contributed by atoms with E-state index in [0.717, 1.165) is 12.8 Å². The first-order valence-electron chi connectivity index (χ1n) is 10.8. The van der Waals surface area contributed by atoms with Crippen LogP contribution in [0.25, 0.3) is 11.4 Å². The fourth-order valence-electron chi connectivity index (χ4n) is 3.21. The van der Waals surface area contributed by atoms with Crippen LogP contribution in [0.4, 0.5) is 11.6 Å². The number of carboxylic acids is 1. The van der Waals surface area contributed by atoms with Gasteiger partial charge in [-0.25, -0.2) is 14.8 Å². The summed E-state index contributed by atoms with van der Waals surface area (Å²) in [6.07, 6.45) is 5.90. The van der Waals surface area contributed by atoms with E-state index in [0.29, 0.717) is 35.3 Å². The molecule has 1 unspecified atom stereocenters. The van der Waals surface area contributed by atoms with Crippen LogP contribution in [-0.2, 0) is 0 Å². The molecule has 0 saturated carbocycles. The number of nitrogens with one attached hydrogen (secondary N) is 1. The third-order valence-electron chi connectivity index (χ3n) is 5.20. The third kappa shape index (κ3) is 6.16. The van der Waals surface area contributed by atoms with Gasteiger partial charge in [0.05, 0.1) is 17.7 Å². The van der Waals surface area contributed by atoms with Gasteiger partial charge in [0.25, 0.3) is 0 Å². The molecule has 0 spiro atoms. The first kappa shape index (κ1) is 23.0. The van der Waals surface area contributed by atoms with Crippen molar-refractivity contribution in [1.29, 1.82) is 0 Å². The first-order valence-corrected chi connectivity index (χ1v) is 10.8. The summed E-state index contributed by atoms with van der Waals surface area (Å²) in [7, 11) is 0. The number of aromatic carboxylic acids is 1.